The lowest BCUT2D eigenvalue weighted by Gasteiger charge is -2.20. The van der Waals surface area contributed by atoms with Gasteiger partial charge in [-0.2, -0.15) is 0 Å². The van der Waals surface area contributed by atoms with Crippen LogP contribution < -0.4 is 10.6 Å². The SMILES string of the molecule is CCCN(CC)CCNC(=O)NC1COCC1C(=O)O. The normalized spacial score (nSPS) is 21.9. The van der Waals surface area contributed by atoms with Gasteiger partial charge in [0.25, 0.3) is 0 Å². The fourth-order valence-electron chi connectivity index (χ4n) is 2.23. The monoisotopic (exact) mass is 287 g/mol. The first-order chi connectivity index (χ1) is 9.58. The zero-order chi connectivity index (χ0) is 15.0. The van der Waals surface area contributed by atoms with E-state index in [0.717, 1.165) is 26.1 Å². The average Bonchev–Trinajstić information content (AvgIpc) is 2.85. The lowest BCUT2D eigenvalue weighted by atomic mass is 10.0. The van der Waals surface area contributed by atoms with E-state index in [1.165, 1.54) is 0 Å². The smallest absolute Gasteiger partial charge is 0.315 e. The molecule has 7 heteroatoms. The van der Waals surface area contributed by atoms with Crippen molar-refractivity contribution >= 4 is 12.0 Å². The number of aliphatic carboxylic acids is 1. The van der Waals surface area contributed by atoms with Crippen molar-refractivity contribution in [3.8, 4) is 0 Å². The molecule has 0 aromatic heterocycles. The molecule has 2 unspecified atom stereocenters. The fraction of sp³-hybridized carbons (Fsp3) is 0.846. The van der Waals surface area contributed by atoms with Crippen molar-refractivity contribution in [2.24, 2.45) is 5.92 Å². The maximum Gasteiger partial charge on any atom is 0.315 e. The number of ether oxygens (including phenoxy) is 1. The summed E-state index contributed by atoms with van der Waals surface area (Å²) in [4.78, 5) is 24.9. The number of carbonyl (C=O) groups is 2. The number of rotatable bonds is 8. The van der Waals surface area contributed by atoms with Gasteiger partial charge < -0.3 is 25.4 Å². The molecule has 7 nitrogen and oxygen atoms in total. The molecule has 0 aromatic carbocycles. The van der Waals surface area contributed by atoms with Crippen molar-refractivity contribution in [2.75, 3.05) is 39.4 Å². The van der Waals surface area contributed by atoms with Gasteiger partial charge in [-0.3, -0.25) is 4.79 Å². The quantitative estimate of drug-likeness (QED) is 0.590. The number of urea groups is 1. The van der Waals surface area contributed by atoms with Gasteiger partial charge in [0.15, 0.2) is 0 Å². The van der Waals surface area contributed by atoms with Gasteiger partial charge in [-0.25, -0.2) is 4.79 Å². The number of amides is 2. The van der Waals surface area contributed by atoms with Crippen LogP contribution in [0.25, 0.3) is 0 Å². The molecule has 0 aliphatic carbocycles. The summed E-state index contributed by atoms with van der Waals surface area (Å²) in [6.45, 7) is 7.91. The van der Waals surface area contributed by atoms with Crippen molar-refractivity contribution in [1.82, 2.24) is 15.5 Å². The van der Waals surface area contributed by atoms with E-state index < -0.39 is 17.9 Å². The van der Waals surface area contributed by atoms with Crippen molar-refractivity contribution < 1.29 is 19.4 Å². The molecule has 2 amide bonds. The first-order valence-electron chi connectivity index (χ1n) is 7.15. The zero-order valence-electron chi connectivity index (χ0n) is 12.2. The number of carboxylic acids is 1. The van der Waals surface area contributed by atoms with Crippen LogP contribution in [0.15, 0.2) is 0 Å². The van der Waals surface area contributed by atoms with Gasteiger partial charge in [0.1, 0.15) is 5.92 Å². The van der Waals surface area contributed by atoms with Crippen LogP contribution in [-0.2, 0) is 9.53 Å². The van der Waals surface area contributed by atoms with Crippen LogP contribution >= 0.6 is 0 Å². The topological polar surface area (TPSA) is 90.9 Å². The van der Waals surface area contributed by atoms with Crippen LogP contribution in [0.5, 0.6) is 0 Å². The molecule has 1 fully saturated rings. The molecule has 2 atom stereocenters. The van der Waals surface area contributed by atoms with Crippen molar-refractivity contribution in [3.05, 3.63) is 0 Å². The fourth-order valence-corrected chi connectivity index (χ4v) is 2.23. The summed E-state index contributed by atoms with van der Waals surface area (Å²) in [7, 11) is 0. The van der Waals surface area contributed by atoms with Gasteiger partial charge in [0.05, 0.1) is 19.3 Å². The summed E-state index contributed by atoms with van der Waals surface area (Å²) < 4.78 is 5.09. The molecular weight excluding hydrogens is 262 g/mol. The van der Waals surface area contributed by atoms with Gasteiger partial charge >= 0.3 is 12.0 Å². The molecular formula is C13H25N3O4. The third kappa shape index (κ3) is 5.34. The van der Waals surface area contributed by atoms with Gasteiger partial charge in [-0.15, -0.1) is 0 Å². The van der Waals surface area contributed by atoms with Crippen molar-refractivity contribution in [2.45, 2.75) is 26.3 Å². The molecule has 1 saturated heterocycles. The molecule has 0 saturated carbocycles. The summed E-state index contributed by atoms with van der Waals surface area (Å²) in [6.07, 6.45) is 1.08. The van der Waals surface area contributed by atoms with E-state index in [2.05, 4.69) is 29.4 Å². The minimum Gasteiger partial charge on any atom is -0.481 e. The van der Waals surface area contributed by atoms with E-state index >= 15 is 0 Å². The largest absolute Gasteiger partial charge is 0.481 e. The molecule has 0 radical (unpaired) electrons. The van der Waals surface area contributed by atoms with Gasteiger partial charge in [-0.1, -0.05) is 13.8 Å². The van der Waals surface area contributed by atoms with Gasteiger partial charge in [-0.05, 0) is 19.5 Å². The average molecular weight is 287 g/mol. The van der Waals surface area contributed by atoms with Crippen LogP contribution in [-0.4, -0.2) is 67.4 Å². The standard InChI is InChI=1S/C13H25N3O4/c1-3-6-16(4-2)7-5-14-13(19)15-11-9-20-8-10(11)12(17)18/h10-11H,3-9H2,1-2H3,(H,17,18)(H2,14,15,19). The van der Waals surface area contributed by atoms with E-state index in [4.69, 9.17) is 9.84 Å². The molecule has 20 heavy (non-hydrogen) atoms. The highest BCUT2D eigenvalue weighted by Gasteiger charge is 2.34. The Morgan fingerprint density at radius 1 is 1.30 bits per heavy atom. The van der Waals surface area contributed by atoms with Crippen LogP contribution in [0.2, 0.25) is 0 Å². The predicted octanol–water partition coefficient (Wildman–Crippen LogP) is 0.117. The molecule has 1 aliphatic rings. The zero-order valence-corrected chi connectivity index (χ0v) is 12.2. The van der Waals surface area contributed by atoms with Crippen molar-refractivity contribution in [3.63, 3.8) is 0 Å². The number of carboxylic acid groups (broad SMARTS) is 1. The summed E-state index contributed by atoms with van der Waals surface area (Å²) >= 11 is 0. The lowest BCUT2D eigenvalue weighted by Crippen LogP contribution is -2.48. The number of nitrogens with one attached hydrogen (secondary N) is 2. The Morgan fingerprint density at radius 2 is 2.05 bits per heavy atom. The Kier molecular flexibility index (Phi) is 7.32. The van der Waals surface area contributed by atoms with Gasteiger partial charge in [0.2, 0.25) is 0 Å². The molecule has 1 aliphatic heterocycles. The highest BCUT2D eigenvalue weighted by Crippen LogP contribution is 2.13. The molecule has 3 N–H and O–H groups in total. The van der Waals surface area contributed by atoms with E-state index in [1.807, 2.05) is 0 Å². The maximum atomic E-state index is 11.7. The Labute approximate surface area is 119 Å². The highest BCUT2D eigenvalue weighted by atomic mass is 16.5. The molecule has 1 rings (SSSR count). The molecule has 116 valence electrons. The second-order valence-corrected chi connectivity index (χ2v) is 4.92. The maximum absolute atomic E-state index is 11.7. The number of hydrogen-bond acceptors (Lipinski definition) is 4. The summed E-state index contributed by atoms with van der Waals surface area (Å²) in [5, 5.41) is 14.4. The summed E-state index contributed by atoms with van der Waals surface area (Å²) in [5.74, 6) is -1.60. The van der Waals surface area contributed by atoms with E-state index in [-0.39, 0.29) is 19.2 Å². The lowest BCUT2D eigenvalue weighted by molar-refractivity contribution is -0.142. The van der Waals surface area contributed by atoms with E-state index in [9.17, 15) is 9.59 Å². The third-order valence-electron chi connectivity index (χ3n) is 3.41. The van der Waals surface area contributed by atoms with Crippen LogP contribution in [0.3, 0.4) is 0 Å². The Balaban J connectivity index is 2.24. The molecule has 0 bridgehead atoms. The minimum atomic E-state index is -0.937. The third-order valence-corrected chi connectivity index (χ3v) is 3.41. The first-order valence-corrected chi connectivity index (χ1v) is 7.15. The summed E-state index contributed by atoms with van der Waals surface area (Å²) in [5.41, 5.74) is 0. The van der Waals surface area contributed by atoms with Crippen LogP contribution in [0.1, 0.15) is 20.3 Å². The Bertz CT molecular complexity index is 325. The minimum absolute atomic E-state index is 0.153. The van der Waals surface area contributed by atoms with Gasteiger partial charge in [0, 0.05) is 13.1 Å². The Morgan fingerprint density at radius 3 is 2.65 bits per heavy atom. The van der Waals surface area contributed by atoms with E-state index in [0.29, 0.717) is 6.54 Å². The Hall–Kier alpha value is -1.34. The number of hydrogen-bond donors (Lipinski definition) is 3. The predicted molar refractivity (Wildman–Crippen MR) is 74.7 cm³/mol. The first kappa shape index (κ1) is 16.7. The van der Waals surface area contributed by atoms with Crippen LogP contribution in [0, 0.1) is 5.92 Å². The highest BCUT2D eigenvalue weighted by molar-refractivity contribution is 5.77. The molecule has 1 heterocycles. The second kappa shape index (κ2) is 8.76. The number of nitrogens with zero attached hydrogens (tertiary/aromatic N) is 1. The molecule has 0 aromatic rings. The summed E-state index contributed by atoms with van der Waals surface area (Å²) in [6, 6.07) is -0.787. The number of carbonyl (C=O) groups excluding carboxylic acids is 1. The van der Waals surface area contributed by atoms with E-state index in [1.54, 1.807) is 0 Å². The number of likely N-dealkylation sites (N-methyl/N-ethyl adjacent to an activating group) is 1. The second-order valence-electron chi connectivity index (χ2n) is 4.92. The van der Waals surface area contributed by atoms with Crippen molar-refractivity contribution in [1.29, 1.82) is 0 Å². The van der Waals surface area contributed by atoms with Crippen LogP contribution in [0.4, 0.5) is 4.79 Å². The molecule has 0 spiro atoms.